The van der Waals surface area contributed by atoms with E-state index in [0.29, 0.717) is 5.56 Å². The molecule has 0 fully saturated rings. The summed E-state index contributed by atoms with van der Waals surface area (Å²) in [5.74, 6) is -1.70. The van der Waals surface area contributed by atoms with Gasteiger partial charge in [0, 0.05) is 18.2 Å². The fraction of sp³-hybridized carbons (Fsp3) is 0.462. The van der Waals surface area contributed by atoms with Gasteiger partial charge in [0.1, 0.15) is 5.69 Å². The largest absolute Gasteiger partial charge is 0.478 e. The summed E-state index contributed by atoms with van der Waals surface area (Å²) in [6.45, 7) is 5.21. The number of alkyl halides is 2. The third-order valence-corrected chi connectivity index (χ3v) is 2.55. The molecule has 0 spiro atoms. The molecule has 0 bridgehead atoms. The molecule has 0 aliphatic heterocycles. The summed E-state index contributed by atoms with van der Waals surface area (Å²) in [4.78, 5) is 26.0. The van der Waals surface area contributed by atoms with E-state index < -0.39 is 29.1 Å². The molecule has 1 heterocycles. The summed E-state index contributed by atoms with van der Waals surface area (Å²) in [6, 6.07) is 1.10. The van der Waals surface area contributed by atoms with Gasteiger partial charge in [-0.25, -0.2) is 13.6 Å². The van der Waals surface area contributed by atoms with Crippen LogP contribution in [0.5, 0.6) is 0 Å². The molecule has 1 aromatic heterocycles. The predicted molar refractivity (Wildman–Crippen MR) is 67.5 cm³/mol. The average molecular weight is 286 g/mol. The van der Waals surface area contributed by atoms with Gasteiger partial charge in [-0.3, -0.25) is 9.78 Å². The van der Waals surface area contributed by atoms with Crippen LogP contribution in [0.4, 0.5) is 8.78 Å². The normalized spacial score (nSPS) is 11.5. The van der Waals surface area contributed by atoms with Crippen molar-refractivity contribution in [1.82, 2.24) is 10.3 Å². The van der Waals surface area contributed by atoms with E-state index in [4.69, 9.17) is 5.11 Å². The van der Waals surface area contributed by atoms with Crippen LogP contribution in [0.25, 0.3) is 0 Å². The highest BCUT2D eigenvalue weighted by molar-refractivity contribution is 5.89. The van der Waals surface area contributed by atoms with Gasteiger partial charge in [0.05, 0.1) is 5.56 Å². The summed E-state index contributed by atoms with van der Waals surface area (Å²) < 4.78 is 25.2. The quantitative estimate of drug-likeness (QED) is 0.890. The molecule has 7 heteroatoms. The molecule has 1 aromatic rings. The predicted octanol–water partition coefficient (Wildman–Crippen LogP) is 2.38. The summed E-state index contributed by atoms with van der Waals surface area (Å²) in [5, 5.41) is 11.5. The van der Waals surface area contributed by atoms with E-state index in [9.17, 15) is 18.4 Å². The van der Waals surface area contributed by atoms with Crippen LogP contribution >= 0.6 is 0 Å². The maximum Gasteiger partial charge on any atom is 0.337 e. The van der Waals surface area contributed by atoms with Crippen molar-refractivity contribution in [2.45, 2.75) is 33.7 Å². The second-order valence-corrected chi connectivity index (χ2v) is 5.31. The van der Waals surface area contributed by atoms with E-state index >= 15 is 0 Å². The Balaban J connectivity index is 2.91. The van der Waals surface area contributed by atoms with Crippen LogP contribution in [0, 0.1) is 5.41 Å². The van der Waals surface area contributed by atoms with Gasteiger partial charge in [-0.1, -0.05) is 20.8 Å². The second-order valence-electron chi connectivity index (χ2n) is 5.31. The zero-order valence-electron chi connectivity index (χ0n) is 11.4. The standard InChI is InChI=1S/C13H16F2N2O3/c1-13(2,3)12(20)17-6-7-4-8(11(18)19)9(10(14)15)16-5-7/h4-5,10H,6H2,1-3H3,(H,17,20)(H,18,19). The lowest BCUT2D eigenvalue weighted by atomic mass is 9.95. The number of carboxylic acids is 1. The van der Waals surface area contributed by atoms with Gasteiger partial charge < -0.3 is 10.4 Å². The fourth-order valence-corrected chi connectivity index (χ4v) is 1.41. The molecule has 0 aromatic carbocycles. The Morgan fingerprint density at radius 3 is 2.45 bits per heavy atom. The lowest BCUT2D eigenvalue weighted by molar-refractivity contribution is -0.128. The number of nitrogens with zero attached hydrogens (tertiary/aromatic N) is 1. The molecule has 0 unspecified atom stereocenters. The van der Waals surface area contributed by atoms with Crippen LogP contribution in [0.1, 0.15) is 48.8 Å². The van der Waals surface area contributed by atoms with Crippen molar-refractivity contribution in [3.05, 3.63) is 29.1 Å². The molecule has 0 radical (unpaired) electrons. The first kappa shape index (κ1) is 16.0. The summed E-state index contributed by atoms with van der Waals surface area (Å²) in [6.07, 6.45) is -1.82. The molecule has 0 aliphatic rings. The lowest BCUT2D eigenvalue weighted by Gasteiger charge is -2.17. The number of carboxylic acid groups (broad SMARTS) is 1. The number of pyridine rings is 1. The minimum Gasteiger partial charge on any atom is -0.478 e. The van der Waals surface area contributed by atoms with Gasteiger partial charge in [0.2, 0.25) is 5.91 Å². The molecule has 0 atom stereocenters. The summed E-state index contributed by atoms with van der Waals surface area (Å²) in [5.41, 5.74) is -1.57. The van der Waals surface area contributed by atoms with Crippen molar-refractivity contribution in [2.24, 2.45) is 5.41 Å². The molecule has 0 saturated carbocycles. The Morgan fingerprint density at radius 2 is 2.00 bits per heavy atom. The number of hydrogen-bond donors (Lipinski definition) is 2. The van der Waals surface area contributed by atoms with E-state index in [1.165, 1.54) is 0 Å². The van der Waals surface area contributed by atoms with E-state index in [-0.39, 0.29) is 12.5 Å². The Labute approximate surface area is 115 Å². The zero-order chi connectivity index (χ0) is 15.5. The first-order valence-corrected chi connectivity index (χ1v) is 5.91. The number of amides is 1. The van der Waals surface area contributed by atoms with Crippen molar-refractivity contribution in [3.8, 4) is 0 Å². The Bertz CT molecular complexity index is 525. The molecule has 5 nitrogen and oxygen atoms in total. The highest BCUT2D eigenvalue weighted by Crippen LogP contribution is 2.21. The van der Waals surface area contributed by atoms with Gasteiger partial charge in [0.15, 0.2) is 0 Å². The van der Waals surface area contributed by atoms with Crippen molar-refractivity contribution in [1.29, 1.82) is 0 Å². The van der Waals surface area contributed by atoms with E-state index in [2.05, 4.69) is 10.3 Å². The minimum atomic E-state index is -2.96. The molecule has 0 saturated heterocycles. The molecular weight excluding hydrogens is 270 g/mol. The number of halogens is 2. The highest BCUT2D eigenvalue weighted by Gasteiger charge is 2.22. The lowest BCUT2D eigenvalue weighted by Crippen LogP contribution is -2.34. The SMILES string of the molecule is CC(C)(C)C(=O)NCc1cnc(C(F)F)c(C(=O)O)c1. The molecular formula is C13H16F2N2O3. The molecule has 1 amide bonds. The van der Waals surface area contributed by atoms with Crippen molar-refractivity contribution >= 4 is 11.9 Å². The monoisotopic (exact) mass is 286 g/mol. The van der Waals surface area contributed by atoms with Crippen LogP contribution in [0.2, 0.25) is 0 Å². The number of aromatic nitrogens is 1. The Kier molecular flexibility index (Phi) is 4.75. The van der Waals surface area contributed by atoms with Gasteiger partial charge in [-0.2, -0.15) is 0 Å². The number of carbonyl (C=O) groups excluding carboxylic acids is 1. The van der Waals surface area contributed by atoms with Crippen molar-refractivity contribution < 1.29 is 23.5 Å². The topological polar surface area (TPSA) is 79.3 Å². The third kappa shape index (κ3) is 3.97. The first-order valence-electron chi connectivity index (χ1n) is 5.91. The first-order chi connectivity index (χ1) is 9.12. The molecule has 1 rings (SSSR count). The third-order valence-electron chi connectivity index (χ3n) is 2.55. The average Bonchev–Trinajstić information content (AvgIpc) is 2.34. The Hall–Kier alpha value is -2.05. The number of hydrogen-bond acceptors (Lipinski definition) is 3. The van der Waals surface area contributed by atoms with E-state index in [1.807, 2.05) is 0 Å². The van der Waals surface area contributed by atoms with Crippen LogP contribution in [0.3, 0.4) is 0 Å². The molecule has 20 heavy (non-hydrogen) atoms. The van der Waals surface area contributed by atoms with E-state index in [1.54, 1.807) is 20.8 Å². The summed E-state index contributed by atoms with van der Waals surface area (Å²) in [7, 11) is 0. The van der Waals surface area contributed by atoms with E-state index in [0.717, 1.165) is 12.3 Å². The maximum absolute atomic E-state index is 12.6. The van der Waals surface area contributed by atoms with Crippen LogP contribution < -0.4 is 5.32 Å². The fourth-order valence-electron chi connectivity index (χ4n) is 1.41. The maximum atomic E-state index is 12.6. The molecule has 110 valence electrons. The minimum absolute atomic E-state index is 0.0346. The number of rotatable bonds is 4. The van der Waals surface area contributed by atoms with Crippen LogP contribution in [-0.4, -0.2) is 22.0 Å². The highest BCUT2D eigenvalue weighted by atomic mass is 19.3. The zero-order valence-corrected chi connectivity index (χ0v) is 11.4. The van der Waals surface area contributed by atoms with Crippen molar-refractivity contribution in [3.63, 3.8) is 0 Å². The second kappa shape index (κ2) is 5.94. The van der Waals surface area contributed by atoms with Gasteiger partial charge in [0.25, 0.3) is 6.43 Å². The van der Waals surface area contributed by atoms with Crippen LogP contribution in [-0.2, 0) is 11.3 Å². The van der Waals surface area contributed by atoms with Gasteiger partial charge in [-0.15, -0.1) is 0 Å². The number of aromatic carboxylic acids is 1. The summed E-state index contributed by atoms with van der Waals surface area (Å²) >= 11 is 0. The number of carbonyl (C=O) groups is 2. The molecule has 2 N–H and O–H groups in total. The number of nitrogens with one attached hydrogen (secondary N) is 1. The van der Waals surface area contributed by atoms with Crippen molar-refractivity contribution in [2.75, 3.05) is 0 Å². The van der Waals surface area contributed by atoms with Crippen LogP contribution in [0.15, 0.2) is 12.3 Å². The Morgan fingerprint density at radius 1 is 1.40 bits per heavy atom. The van der Waals surface area contributed by atoms with Gasteiger partial charge in [-0.05, 0) is 11.6 Å². The molecule has 0 aliphatic carbocycles. The van der Waals surface area contributed by atoms with Gasteiger partial charge >= 0.3 is 5.97 Å². The smallest absolute Gasteiger partial charge is 0.337 e.